The van der Waals surface area contributed by atoms with Crippen molar-refractivity contribution in [1.82, 2.24) is 20.2 Å². The minimum Gasteiger partial charge on any atom is -0.330 e. The van der Waals surface area contributed by atoms with Gasteiger partial charge >= 0.3 is 0 Å². The van der Waals surface area contributed by atoms with Gasteiger partial charge in [-0.05, 0) is 44.0 Å². The Kier molecular flexibility index (Phi) is 5.42. The molecule has 144 valence electrons. The number of nitrogens with zero attached hydrogens (tertiary/aromatic N) is 3. The molecule has 0 aliphatic heterocycles. The second kappa shape index (κ2) is 7.82. The van der Waals surface area contributed by atoms with Gasteiger partial charge in [-0.2, -0.15) is 0 Å². The van der Waals surface area contributed by atoms with Crippen LogP contribution < -0.4 is 10.9 Å². The van der Waals surface area contributed by atoms with E-state index < -0.39 is 0 Å². The third-order valence-electron chi connectivity index (χ3n) is 4.34. The third kappa shape index (κ3) is 3.80. The highest BCUT2D eigenvalue weighted by atomic mass is 35.5. The quantitative estimate of drug-likeness (QED) is 0.394. The van der Waals surface area contributed by atoms with Crippen molar-refractivity contribution >= 4 is 67.1 Å². The van der Waals surface area contributed by atoms with Gasteiger partial charge in [-0.25, -0.2) is 4.98 Å². The average Bonchev–Trinajstić information content (AvgIpc) is 3.22. The summed E-state index contributed by atoms with van der Waals surface area (Å²) in [6.45, 7) is 5.91. The highest BCUT2D eigenvalue weighted by molar-refractivity contribution is 8.00. The summed E-state index contributed by atoms with van der Waals surface area (Å²) in [5.41, 5.74) is 2.79. The lowest BCUT2D eigenvalue weighted by Crippen LogP contribution is -2.10. The Hall–Kier alpha value is -1.94. The van der Waals surface area contributed by atoms with Crippen LogP contribution in [0, 0.1) is 20.8 Å². The average molecular weight is 450 g/mol. The van der Waals surface area contributed by atoms with E-state index in [9.17, 15) is 4.79 Å². The zero-order valence-corrected chi connectivity index (χ0v) is 18.5. The van der Waals surface area contributed by atoms with Crippen molar-refractivity contribution in [3.63, 3.8) is 0 Å². The van der Waals surface area contributed by atoms with E-state index >= 15 is 0 Å². The van der Waals surface area contributed by atoms with Crippen molar-refractivity contribution in [2.45, 2.75) is 30.9 Å². The van der Waals surface area contributed by atoms with Crippen LogP contribution in [0.15, 0.2) is 27.3 Å². The van der Waals surface area contributed by atoms with Crippen molar-refractivity contribution in [1.29, 1.82) is 0 Å². The molecule has 10 heteroatoms. The van der Waals surface area contributed by atoms with Crippen LogP contribution in [0.2, 0.25) is 5.02 Å². The molecule has 0 saturated heterocycles. The molecule has 0 saturated carbocycles. The van der Waals surface area contributed by atoms with Gasteiger partial charge in [0.2, 0.25) is 5.13 Å². The Morgan fingerprint density at radius 3 is 2.82 bits per heavy atom. The smallest absolute Gasteiger partial charge is 0.259 e. The normalized spacial score (nSPS) is 11.3. The van der Waals surface area contributed by atoms with E-state index in [1.165, 1.54) is 23.1 Å². The zero-order valence-electron chi connectivity index (χ0n) is 15.3. The van der Waals surface area contributed by atoms with Crippen molar-refractivity contribution in [2.75, 3.05) is 5.32 Å². The maximum Gasteiger partial charge on any atom is 0.259 e. The fraction of sp³-hybridized carbons (Fsp3) is 0.222. The van der Waals surface area contributed by atoms with Crippen LogP contribution in [0.5, 0.6) is 0 Å². The Balaban J connectivity index is 1.48. The highest BCUT2D eigenvalue weighted by Gasteiger charge is 2.13. The summed E-state index contributed by atoms with van der Waals surface area (Å²) in [6.07, 6.45) is 0. The predicted molar refractivity (Wildman–Crippen MR) is 119 cm³/mol. The first-order valence-corrected chi connectivity index (χ1v) is 11.4. The van der Waals surface area contributed by atoms with Gasteiger partial charge < -0.3 is 10.3 Å². The van der Waals surface area contributed by atoms with E-state index in [0.717, 1.165) is 30.9 Å². The van der Waals surface area contributed by atoms with Gasteiger partial charge in [-0.15, -0.1) is 21.5 Å². The first-order chi connectivity index (χ1) is 13.4. The SMILES string of the molecule is Cc1sc2nc(CSc3nnc(Nc4cccc(Cl)c4C)s3)[nH]c(=O)c2c1C. The summed E-state index contributed by atoms with van der Waals surface area (Å²) in [7, 11) is 0. The number of H-pyrrole nitrogens is 1. The summed E-state index contributed by atoms with van der Waals surface area (Å²) >= 11 is 10.6. The summed E-state index contributed by atoms with van der Waals surface area (Å²) in [6, 6.07) is 5.69. The second-order valence-corrected chi connectivity index (χ2v) is 9.99. The van der Waals surface area contributed by atoms with E-state index in [-0.39, 0.29) is 5.56 Å². The van der Waals surface area contributed by atoms with E-state index in [0.29, 0.717) is 27.1 Å². The third-order valence-corrected chi connectivity index (χ3v) is 7.83. The molecule has 2 N–H and O–H groups in total. The van der Waals surface area contributed by atoms with Gasteiger partial charge in [0.05, 0.1) is 11.1 Å². The molecule has 0 atom stereocenters. The Morgan fingerprint density at radius 2 is 2.00 bits per heavy atom. The van der Waals surface area contributed by atoms with Crippen molar-refractivity contribution in [3.8, 4) is 0 Å². The number of halogens is 1. The first kappa shape index (κ1) is 19.4. The molecular formula is C18H16ClN5OS3. The summed E-state index contributed by atoms with van der Waals surface area (Å²) < 4.78 is 0.795. The van der Waals surface area contributed by atoms with E-state index in [1.54, 1.807) is 11.3 Å². The molecule has 0 spiro atoms. The molecular weight excluding hydrogens is 434 g/mol. The first-order valence-electron chi connectivity index (χ1n) is 8.39. The molecule has 0 amide bonds. The minimum absolute atomic E-state index is 0.0847. The summed E-state index contributed by atoms with van der Waals surface area (Å²) in [4.78, 5) is 21.7. The van der Waals surface area contributed by atoms with Gasteiger partial charge in [0, 0.05) is 15.6 Å². The molecule has 4 aromatic rings. The van der Waals surface area contributed by atoms with Crippen LogP contribution in [0.25, 0.3) is 10.2 Å². The summed E-state index contributed by atoms with van der Waals surface area (Å²) in [5.74, 6) is 1.16. The lowest BCUT2D eigenvalue weighted by atomic mass is 10.2. The number of rotatable bonds is 5. The number of anilines is 2. The van der Waals surface area contributed by atoms with Crippen LogP contribution in [0.3, 0.4) is 0 Å². The number of aryl methyl sites for hydroxylation is 2. The van der Waals surface area contributed by atoms with Crippen LogP contribution in [-0.2, 0) is 5.75 Å². The standard InChI is InChI=1S/C18H16ClN5OS3/c1-8-10(3)27-16-14(8)15(25)21-13(22-16)7-26-18-24-23-17(28-18)20-12-6-4-5-11(19)9(12)2/h4-6H,7H2,1-3H3,(H,20,23)(H,21,22,25). The largest absolute Gasteiger partial charge is 0.330 e. The van der Waals surface area contributed by atoms with Crippen molar-refractivity contribution in [2.24, 2.45) is 0 Å². The number of hydrogen-bond donors (Lipinski definition) is 2. The Morgan fingerprint density at radius 1 is 1.18 bits per heavy atom. The monoisotopic (exact) mass is 449 g/mol. The maximum atomic E-state index is 12.4. The molecule has 0 fully saturated rings. The fourth-order valence-corrected chi connectivity index (χ4v) is 5.53. The lowest BCUT2D eigenvalue weighted by molar-refractivity contribution is 1.00. The molecule has 0 bridgehead atoms. The predicted octanol–water partition coefficient (Wildman–Crippen LogP) is 5.45. The van der Waals surface area contributed by atoms with Crippen LogP contribution in [0.4, 0.5) is 10.8 Å². The molecule has 0 aliphatic carbocycles. The summed E-state index contributed by atoms with van der Waals surface area (Å²) in [5, 5.41) is 13.7. The Labute approximate surface area is 178 Å². The van der Waals surface area contributed by atoms with Crippen LogP contribution in [-0.4, -0.2) is 20.2 Å². The minimum atomic E-state index is -0.0847. The zero-order chi connectivity index (χ0) is 19.8. The van der Waals surface area contributed by atoms with Gasteiger partial charge in [-0.1, -0.05) is 40.8 Å². The van der Waals surface area contributed by atoms with Crippen LogP contribution in [0.1, 0.15) is 21.8 Å². The Bertz CT molecular complexity index is 1230. The lowest BCUT2D eigenvalue weighted by Gasteiger charge is -2.06. The van der Waals surface area contributed by atoms with Gasteiger partial charge in [0.15, 0.2) is 4.34 Å². The molecule has 28 heavy (non-hydrogen) atoms. The number of benzene rings is 1. The number of fused-ring (bicyclic) bond motifs is 1. The maximum absolute atomic E-state index is 12.4. The molecule has 3 aromatic heterocycles. The molecule has 1 aromatic carbocycles. The van der Waals surface area contributed by atoms with Gasteiger partial charge in [-0.3, -0.25) is 4.79 Å². The van der Waals surface area contributed by atoms with Crippen LogP contribution >= 0.6 is 46.0 Å². The number of thiophene rings is 1. The number of nitrogens with one attached hydrogen (secondary N) is 2. The molecule has 3 heterocycles. The van der Waals surface area contributed by atoms with Gasteiger partial charge in [0.1, 0.15) is 10.7 Å². The van der Waals surface area contributed by atoms with E-state index in [4.69, 9.17) is 11.6 Å². The fourth-order valence-electron chi connectivity index (χ4n) is 2.67. The molecule has 6 nitrogen and oxygen atoms in total. The van der Waals surface area contributed by atoms with E-state index in [1.807, 2.05) is 39.0 Å². The van der Waals surface area contributed by atoms with Crippen molar-refractivity contribution in [3.05, 3.63) is 55.4 Å². The van der Waals surface area contributed by atoms with Gasteiger partial charge in [0.25, 0.3) is 5.56 Å². The number of thioether (sulfide) groups is 1. The number of hydrogen-bond acceptors (Lipinski definition) is 8. The van der Waals surface area contributed by atoms with E-state index in [2.05, 4.69) is 25.5 Å². The molecule has 0 aliphatic rings. The molecule has 0 unspecified atom stereocenters. The van der Waals surface area contributed by atoms with Crippen molar-refractivity contribution < 1.29 is 0 Å². The topological polar surface area (TPSA) is 83.6 Å². The highest BCUT2D eigenvalue weighted by Crippen LogP contribution is 2.32. The second-order valence-electron chi connectivity index (χ2n) is 6.18. The molecule has 4 rings (SSSR count). The number of aromatic amines is 1. The number of aromatic nitrogens is 4. The molecule has 0 radical (unpaired) electrons.